The van der Waals surface area contributed by atoms with E-state index in [0.29, 0.717) is 24.0 Å². The quantitative estimate of drug-likeness (QED) is 0.787. The van der Waals surface area contributed by atoms with E-state index in [1.54, 1.807) is 12.1 Å². The van der Waals surface area contributed by atoms with Crippen molar-refractivity contribution in [2.75, 3.05) is 5.32 Å². The van der Waals surface area contributed by atoms with Crippen molar-refractivity contribution >= 4 is 15.5 Å². The maximum Gasteiger partial charge on any atom is 0.206 e. The highest BCUT2D eigenvalue weighted by Gasteiger charge is 2.37. The van der Waals surface area contributed by atoms with E-state index < -0.39 is 15.7 Å². The summed E-state index contributed by atoms with van der Waals surface area (Å²) in [4.78, 5) is 0.383. The third-order valence-electron chi connectivity index (χ3n) is 5.47. The van der Waals surface area contributed by atoms with Gasteiger partial charge in [-0.05, 0) is 74.7 Å². The van der Waals surface area contributed by atoms with Gasteiger partial charge in [-0.2, -0.15) is 0 Å². The number of hydrogen-bond acceptors (Lipinski definition) is 4. The third kappa shape index (κ3) is 3.01. The van der Waals surface area contributed by atoms with Gasteiger partial charge in [-0.3, -0.25) is 0 Å². The van der Waals surface area contributed by atoms with Crippen molar-refractivity contribution in [3.63, 3.8) is 0 Å². The molecule has 2 N–H and O–H groups in total. The van der Waals surface area contributed by atoms with Gasteiger partial charge in [0.2, 0.25) is 9.84 Å². The standard InChI is InChI=1S/C20H23FN2O2S/c1-12-9-17-18-11-16(26(24,25)15-5-3-14(21)4-6-15)7-8-19(18)23-20(17)10-13(2)22-12/h3-8,11-13,17,20,22-23H,9-10H2,1-2H3/t12?,13?,17-,20-/m1/s1. The lowest BCUT2D eigenvalue weighted by Gasteiger charge is -2.18. The summed E-state index contributed by atoms with van der Waals surface area (Å²) in [5, 5.41) is 7.15. The molecule has 1 fully saturated rings. The molecule has 138 valence electrons. The first kappa shape index (κ1) is 17.5. The summed E-state index contributed by atoms with van der Waals surface area (Å²) in [6, 6.07) is 11.4. The Morgan fingerprint density at radius 1 is 0.962 bits per heavy atom. The van der Waals surface area contributed by atoms with Crippen LogP contribution in [0.4, 0.5) is 10.1 Å². The van der Waals surface area contributed by atoms with Crippen molar-refractivity contribution in [3.8, 4) is 0 Å². The molecule has 0 radical (unpaired) electrons. The minimum absolute atomic E-state index is 0.117. The van der Waals surface area contributed by atoms with Crippen LogP contribution >= 0.6 is 0 Å². The summed E-state index contributed by atoms with van der Waals surface area (Å²) in [5.41, 5.74) is 2.10. The number of fused-ring (bicyclic) bond motifs is 3. The van der Waals surface area contributed by atoms with Gasteiger partial charge in [0.05, 0.1) is 9.79 Å². The topological polar surface area (TPSA) is 58.2 Å². The average Bonchev–Trinajstić information content (AvgIpc) is 2.83. The smallest absolute Gasteiger partial charge is 0.206 e. The molecule has 2 unspecified atom stereocenters. The summed E-state index contributed by atoms with van der Waals surface area (Å²) < 4.78 is 39.0. The molecule has 2 aliphatic rings. The molecule has 0 bridgehead atoms. The third-order valence-corrected chi connectivity index (χ3v) is 7.23. The number of rotatable bonds is 2. The van der Waals surface area contributed by atoms with Crippen LogP contribution in [0.25, 0.3) is 0 Å². The van der Waals surface area contributed by atoms with E-state index in [9.17, 15) is 12.8 Å². The molecule has 0 aromatic heterocycles. The highest BCUT2D eigenvalue weighted by Crippen LogP contribution is 2.43. The Morgan fingerprint density at radius 2 is 1.62 bits per heavy atom. The van der Waals surface area contributed by atoms with Crippen LogP contribution < -0.4 is 10.6 Å². The summed E-state index contributed by atoms with van der Waals surface area (Å²) in [6.45, 7) is 4.37. The summed E-state index contributed by atoms with van der Waals surface area (Å²) in [7, 11) is -3.66. The van der Waals surface area contributed by atoms with Gasteiger partial charge in [-0.25, -0.2) is 12.8 Å². The van der Waals surface area contributed by atoms with Crippen molar-refractivity contribution in [2.24, 2.45) is 0 Å². The first-order chi connectivity index (χ1) is 12.3. The molecule has 2 aromatic rings. The molecular formula is C20H23FN2O2S. The minimum Gasteiger partial charge on any atom is -0.381 e. The Hall–Kier alpha value is -1.92. The van der Waals surface area contributed by atoms with Crippen LogP contribution in [0.15, 0.2) is 52.3 Å². The molecule has 2 heterocycles. The Labute approximate surface area is 153 Å². The normalized spacial score (nSPS) is 28.0. The van der Waals surface area contributed by atoms with E-state index in [0.717, 1.165) is 24.1 Å². The molecule has 1 saturated heterocycles. The lowest BCUT2D eigenvalue weighted by Crippen LogP contribution is -2.33. The van der Waals surface area contributed by atoms with Gasteiger partial charge in [0.15, 0.2) is 0 Å². The highest BCUT2D eigenvalue weighted by molar-refractivity contribution is 7.91. The molecule has 0 spiro atoms. The first-order valence-corrected chi connectivity index (χ1v) is 10.5. The predicted octanol–water partition coefficient (Wildman–Crippen LogP) is 3.70. The minimum atomic E-state index is -3.66. The lowest BCUT2D eigenvalue weighted by molar-refractivity contribution is 0.468. The number of anilines is 1. The van der Waals surface area contributed by atoms with Crippen LogP contribution in [0.3, 0.4) is 0 Å². The fourth-order valence-electron chi connectivity index (χ4n) is 4.31. The maximum atomic E-state index is 13.1. The molecule has 6 heteroatoms. The Balaban J connectivity index is 1.72. The van der Waals surface area contributed by atoms with Gasteiger partial charge in [0, 0.05) is 29.7 Å². The Morgan fingerprint density at radius 3 is 2.35 bits per heavy atom. The second-order valence-corrected chi connectivity index (χ2v) is 9.45. The average molecular weight is 374 g/mol. The van der Waals surface area contributed by atoms with Crippen molar-refractivity contribution in [3.05, 3.63) is 53.8 Å². The van der Waals surface area contributed by atoms with Gasteiger partial charge in [-0.1, -0.05) is 0 Å². The maximum absolute atomic E-state index is 13.1. The Kier molecular flexibility index (Phi) is 4.28. The molecule has 0 aliphatic carbocycles. The first-order valence-electron chi connectivity index (χ1n) is 9.02. The van der Waals surface area contributed by atoms with E-state index >= 15 is 0 Å². The zero-order valence-corrected chi connectivity index (χ0v) is 15.7. The number of sulfone groups is 1. The second-order valence-electron chi connectivity index (χ2n) is 7.50. The Bertz CT molecular complexity index is 927. The van der Waals surface area contributed by atoms with E-state index in [2.05, 4.69) is 24.5 Å². The van der Waals surface area contributed by atoms with Crippen molar-refractivity contribution < 1.29 is 12.8 Å². The zero-order valence-electron chi connectivity index (χ0n) is 14.9. The monoisotopic (exact) mass is 374 g/mol. The zero-order chi connectivity index (χ0) is 18.5. The van der Waals surface area contributed by atoms with Crippen molar-refractivity contribution in [1.82, 2.24) is 5.32 Å². The molecule has 2 aliphatic heterocycles. The second kappa shape index (κ2) is 6.35. The molecule has 4 rings (SSSR count). The van der Waals surface area contributed by atoms with Crippen LogP contribution in [0.2, 0.25) is 0 Å². The van der Waals surface area contributed by atoms with Crippen LogP contribution in [0, 0.1) is 5.82 Å². The molecule has 0 saturated carbocycles. The largest absolute Gasteiger partial charge is 0.381 e. The fourth-order valence-corrected chi connectivity index (χ4v) is 5.61. The predicted molar refractivity (Wildman–Crippen MR) is 99.7 cm³/mol. The van der Waals surface area contributed by atoms with Gasteiger partial charge >= 0.3 is 0 Å². The molecule has 4 atom stereocenters. The lowest BCUT2D eigenvalue weighted by atomic mass is 9.88. The van der Waals surface area contributed by atoms with E-state index in [-0.39, 0.29) is 9.79 Å². The number of nitrogens with one attached hydrogen (secondary N) is 2. The number of benzene rings is 2. The highest BCUT2D eigenvalue weighted by atomic mass is 32.2. The van der Waals surface area contributed by atoms with Crippen LogP contribution in [-0.2, 0) is 9.84 Å². The SMILES string of the molecule is CC1C[C@@H]2c3cc(S(=O)(=O)c4ccc(F)cc4)ccc3N[C@@H]2CC(C)N1. The van der Waals surface area contributed by atoms with Gasteiger partial charge in [0.25, 0.3) is 0 Å². The van der Waals surface area contributed by atoms with Crippen molar-refractivity contribution in [2.45, 2.75) is 60.5 Å². The van der Waals surface area contributed by atoms with E-state index in [1.165, 1.54) is 24.3 Å². The van der Waals surface area contributed by atoms with Crippen molar-refractivity contribution in [1.29, 1.82) is 0 Å². The molecule has 26 heavy (non-hydrogen) atoms. The molecule has 4 nitrogen and oxygen atoms in total. The summed E-state index contributed by atoms with van der Waals surface area (Å²) in [6.07, 6.45) is 1.97. The summed E-state index contributed by atoms with van der Waals surface area (Å²) in [5.74, 6) is -0.153. The van der Waals surface area contributed by atoms with Gasteiger partial charge in [0.1, 0.15) is 5.82 Å². The molecule has 2 aromatic carbocycles. The number of halogens is 1. The van der Waals surface area contributed by atoms with Gasteiger partial charge in [-0.15, -0.1) is 0 Å². The van der Waals surface area contributed by atoms with E-state index in [1.807, 2.05) is 6.07 Å². The summed E-state index contributed by atoms with van der Waals surface area (Å²) >= 11 is 0. The molecule has 0 amide bonds. The number of hydrogen-bond donors (Lipinski definition) is 2. The van der Waals surface area contributed by atoms with E-state index in [4.69, 9.17) is 0 Å². The van der Waals surface area contributed by atoms with Crippen LogP contribution in [0.1, 0.15) is 38.2 Å². The van der Waals surface area contributed by atoms with Crippen LogP contribution in [-0.4, -0.2) is 26.5 Å². The molecular weight excluding hydrogens is 351 g/mol. The fraction of sp³-hybridized carbons (Fsp3) is 0.400. The van der Waals surface area contributed by atoms with Crippen LogP contribution in [0.5, 0.6) is 0 Å². The van der Waals surface area contributed by atoms with Gasteiger partial charge < -0.3 is 10.6 Å².